The third-order valence-electron chi connectivity index (χ3n) is 7.13. The molecule has 2 atom stereocenters. The van der Waals surface area contributed by atoms with Crippen molar-refractivity contribution < 1.29 is 19.1 Å². The minimum absolute atomic E-state index is 0.335. The lowest BCUT2D eigenvalue weighted by atomic mass is 9.99. The predicted octanol–water partition coefficient (Wildman–Crippen LogP) is 8.81. The first-order valence-corrected chi connectivity index (χ1v) is 17.3. The van der Waals surface area contributed by atoms with Crippen LogP contribution in [0.15, 0.2) is 49.0 Å². The van der Waals surface area contributed by atoms with Gasteiger partial charge in [-0.05, 0) is 81.4 Å². The van der Waals surface area contributed by atoms with Gasteiger partial charge in [0.05, 0.1) is 10.7 Å². The molecular formula is C35H50ClN3O4S. The van der Waals surface area contributed by atoms with Gasteiger partial charge in [-0.1, -0.05) is 93.6 Å². The molecule has 2 rings (SSSR count). The number of alkyl carbamates (subject to hydrolysis) is 1. The maximum atomic E-state index is 14.5. The molecule has 2 aromatic carbocycles. The van der Waals surface area contributed by atoms with Gasteiger partial charge in [0.15, 0.2) is 0 Å². The van der Waals surface area contributed by atoms with E-state index in [9.17, 15) is 14.4 Å². The highest BCUT2D eigenvalue weighted by molar-refractivity contribution is 7.98. The molecule has 0 radical (unpaired) electrons. The van der Waals surface area contributed by atoms with Crippen LogP contribution in [-0.4, -0.2) is 53.0 Å². The van der Waals surface area contributed by atoms with E-state index < -0.39 is 23.8 Å². The van der Waals surface area contributed by atoms with Gasteiger partial charge in [0.25, 0.3) is 5.91 Å². The number of nitrogens with one attached hydrogen (secondary N) is 2. The summed E-state index contributed by atoms with van der Waals surface area (Å²) >= 11 is 8.09. The van der Waals surface area contributed by atoms with E-state index >= 15 is 0 Å². The summed E-state index contributed by atoms with van der Waals surface area (Å²) in [6.45, 7) is 13.6. The smallest absolute Gasteiger partial charge is 0.408 e. The monoisotopic (exact) mass is 643 g/mol. The lowest BCUT2D eigenvalue weighted by Gasteiger charge is -2.35. The third-order valence-corrected chi connectivity index (χ3v) is 8.09. The van der Waals surface area contributed by atoms with Crippen LogP contribution in [-0.2, 0) is 14.3 Å². The molecule has 0 bridgehead atoms. The Morgan fingerprint density at radius 1 is 1.07 bits per heavy atom. The maximum Gasteiger partial charge on any atom is 0.408 e. The molecule has 0 fully saturated rings. The van der Waals surface area contributed by atoms with Crippen molar-refractivity contribution in [1.29, 1.82) is 0 Å². The fraction of sp³-hybridized carbons (Fsp3) is 0.514. The first-order chi connectivity index (χ1) is 20.9. The van der Waals surface area contributed by atoms with Crippen LogP contribution >= 0.6 is 23.4 Å². The number of rotatable bonds is 17. The number of thioether (sulfide) groups is 1. The van der Waals surface area contributed by atoms with Crippen LogP contribution in [0.1, 0.15) is 95.4 Å². The molecule has 7 nitrogen and oxygen atoms in total. The molecule has 0 aromatic heterocycles. The first kappa shape index (κ1) is 37.2. The number of carbonyl (C=O) groups excluding carboxylic acids is 3. The van der Waals surface area contributed by atoms with Crippen molar-refractivity contribution in [3.05, 3.63) is 70.8 Å². The van der Waals surface area contributed by atoms with Crippen LogP contribution in [0.5, 0.6) is 0 Å². The van der Waals surface area contributed by atoms with Crippen LogP contribution in [0.2, 0.25) is 5.02 Å². The lowest BCUT2D eigenvalue weighted by molar-refractivity contribution is -0.141. The molecule has 0 saturated carbocycles. The van der Waals surface area contributed by atoms with Gasteiger partial charge >= 0.3 is 6.09 Å². The van der Waals surface area contributed by atoms with E-state index in [4.69, 9.17) is 16.3 Å². The zero-order valence-corrected chi connectivity index (χ0v) is 28.8. The Hall–Kier alpha value is -2.97. The van der Waals surface area contributed by atoms with Crippen molar-refractivity contribution in [2.75, 3.05) is 23.9 Å². The van der Waals surface area contributed by atoms with E-state index in [1.54, 1.807) is 49.6 Å². The normalized spacial score (nSPS) is 12.6. The molecule has 2 aromatic rings. The Bertz CT molecular complexity index is 1230. The van der Waals surface area contributed by atoms with Gasteiger partial charge in [-0.15, -0.1) is 0 Å². The zero-order valence-electron chi connectivity index (χ0n) is 27.2. The summed E-state index contributed by atoms with van der Waals surface area (Å²) in [6, 6.07) is 11.0. The highest BCUT2D eigenvalue weighted by Crippen LogP contribution is 2.30. The summed E-state index contributed by atoms with van der Waals surface area (Å²) in [5, 5.41) is 6.24. The van der Waals surface area contributed by atoms with Gasteiger partial charge in [-0.25, -0.2) is 4.79 Å². The number of halogens is 1. The number of ether oxygens (including phenoxy) is 1. The Kier molecular flexibility index (Phi) is 15.9. The second-order valence-electron chi connectivity index (χ2n) is 12.0. The number of para-hydroxylation sites is 1. The van der Waals surface area contributed by atoms with Crippen LogP contribution in [0.3, 0.4) is 0 Å². The Labute approximate surface area is 273 Å². The number of hydrogen-bond donors (Lipinski definition) is 2. The van der Waals surface area contributed by atoms with Crippen molar-refractivity contribution in [1.82, 2.24) is 10.2 Å². The first-order valence-electron chi connectivity index (χ1n) is 15.5. The quantitative estimate of drug-likeness (QED) is 0.168. The lowest BCUT2D eigenvalue weighted by Crippen LogP contribution is -2.52. The number of carbonyl (C=O) groups is 3. The Morgan fingerprint density at radius 2 is 1.75 bits per heavy atom. The molecule has 44 heavy (non-hydrogen) atoms. The fourth-order valence-corrected chi connectivity index (χ4v) is 5.62. The number of hydrogen-bond acceptors (Lipinski definition) is 5. The standard InChI is InChI=1S/C35H50ClN3O4S/c1-8-10-11-12-13-14-22-39(33(41)29(21-23-44-7)37-34(42)43-35(4,5)6)31(27-19-16-18-26(9-2)24-27)32(40)38-30-25(3)17-15-20-28(30)36/h9,15-20,24,29,31H,2,8,10-14,21-23H2,1,3-7H3,(H,37,42)(H,38,40). The number of anilines is 1. The second-order valence-corrected chi connectivity index (χ2v) is 13.4. The SMILES string of the molecule is C=Cc1cccc(C(C(=O)Nc2c(C)cccc2Cl)N(CCCCCCCC)C(=O)C(CCSC)NC(=O)OC(C)(C)C)c1. The van der Waals surface area contributed by atoms with E-state index in [1.165, 1.54) is 0 Å². The van der Waals surface area contributed by atoms with E-state index in [0.29, 0.717) is 41.4 Å². The number of unbranched alkanes of at least 4 members (excludes halogenated alkanes) is 5. The summed E-state index contributed by atoms with van der Waals surface area (Å²) in [5.74, 6) is -0.0836. The average Bonchev–Trinajstić information content (AvgIpc) is 2.97. The maximum absolute atomic E-state index is 14.5. The molecule has 0 aliphatic heterocycles. The molecule has 2 N–H and O–H groups in total. The summed E-state index contributed by atoms with van der Waals surface area (Å²) in [4.78, 5) is 43.3. The van der Waals surface area contributed by atoms with Crippen LogP contribution in [0.4, 0.5) is 10.5 Å². The molecule has 9 heteroatoms. The molecular weight excluding hydrogens is 594 g/mol. The van der Waals surface area contributed by atoms with Gasteiger partial charge in [0.1, 0.15) is 17.7 Å². The molecule has 0 saturated heterocycles. The number of aryl methyl sites for hydroxylation is 1. The summed E-state index contributed by atoms with van der Waals surface area (Å²) in [5.41, 5.74) is 2.05. The van der Waals surface area contributed by atoms with Crippen molar-refractivity contribution in [3.8, 4) is 0 Å². The number of amides is 3. The molecule has 0 spiro atoms. The highest BCUT2D eigenvalue weighted by atomic mass is 35.5. The number of nitrogens with zero attached hydrogens (tertiary/aromatic N) is 1. The van der Waals surface area contributed by atoms with Crippen LogP contribution in [0.25, 0.3) is 6.08 Å². The molecule has 0 aliphatic carbocycles. The molecule has 0 heterocycles. The summed E-state index contributed by atoms with van der Waals surface area (Å²) in [6.07, 6.45) is 9.48. The van der Waals surface area contributed by atoms with Crippen molar-refractivity contribution in [2.45, 2.75) is 97.2 Å². The van der Waals surface area contributed by atoms with Gasteiger partial charge in [-0.3, -0.25) is 9.59 Å². The molecule has 0 aliphatic rings. The largest absolute Gasteiger partial charge is 0.444 e. The van der Waals surface area contributed by atoms with E-state index in [2.05, 4.69) is 24.1 Å². The van der Waals surface area contributed by atoms with Crippen LogP contribution in [0, 0.1) is 6.92 Å². The zero-order chi connectivity index (χ0) is 32.7. The molecule has 2 unspecified atom stereocenters. The minimum atomic E-state index is -0.981. The minimum Gasteiger partial charge on any atom is -0.444 e. The summed E-state index contributed by atoms with van der Waals surface area (Å²) < 4.78 is 5.51. The van der Waals surface area contributed by atoms with Gasteiger partial charge in [0, 0.05) is 6.54 Å². The second kappa shape index (κ2) is 18.7. The fourth-order valence-electron chi connectivity index (χ4n) is 4.88. The third kappa shape index (κ3) is 12.2. The average molecular weight is 644 g/mol. The Balaban J connectivity index is 2.58. The van der Waals surface area contributed by atoms with Gasteiger partial charge in [0.2, 0.25) is 5.91 Å². The molecule has 3 amide bonds. The predicted molar refractivity (Wildman–Crippen MR) is 185 cm³/mol. The van der Waals surface area contributed by atoms with E-state index in [-0.39, 0.29) is 11.8 Å². The van der Waals surface area contributed by atoms with Crippen molar-refractivity contribution >= 4 is 53.0 Å². The highest BCUT2D eigenvalue weighted by Gasteiger charge is 2.36. The number of benzene rings is 2. The van der Waals surface area contributed by atoms with Gasteiger partial charge < -0.3 is 20.3 Å². The van der Waals surface area contributed by atoms with Crippen molar-refractivity contribution in [3.63, 3.8) is 0 Å². The van der Waals surface area contributed by atoms with Crippen molar-refractivity contribution in [2.24, 2.45) is 0 Å². The Morgan fingerprint density at radius 3 is 2.39 bits per heavy atom. The summed E-state index contributed by atoms with van der Waals surface area (Å²) in [7, 11) is 0. The van der Waals surface area contributed by atoms with E-state index in [0.717, 1.165) is 43.2 Å². The van der Waals surface area contributed by atoms with Gasteiger partial charge in [-0.2, -0.15) is 11.8 Å². The van der Waals surface area contributed by atoms with E-state index in [1.807, 2.05) is 49.6 Å². The van der Waals surface area contributed by atoms with Crippen LogP contribution < -0.4 is 10.6 Å². The topological polar surface area (TPSA) is 87.7 Å². The molecule has 242 valence electrons.